The lowest BCUT2D eigenvalue weighted by atomic mass is 9.64. The van der Waals surface area contributed by atoms with Gasteiger partial charge in [-0.05, 0) is 54.8 Å². The number of carbonyl (C=O) groups excluding carboxylic acids is 1. The number of hydrogen-bond acceptors (Lipinski definition) is 3. The Hall–Kier alpha value is -2.79. The molecule has 1 saturated carbocycles. The summed E-state index contributed by atoms with van der Waals surface area (Å²) in [6, 6.07) is 14.5. The highest BCUT2D eigenvalue weighted by Crippen LogP contribution is 2.43. The number of furan rings is 1. The van der Waals surface area contributed by atoms with E-state index in [0.29, 0.717) is 23.0 Å². The normalized spacial score (nSPS) is 15.1. The molecular formula is C21H19ClN2O3. The second-order valence-electron chi connectivity index (χ2n) is 6.92. The van der Waals surface area contributed by atoms with Crippen molar-refractivity contribution in [3.8, 4) is 11.5 Å². The standard InChI is InChI=1S/C21H19ClN2O3/c22-15-6-4-14(5-7-15)21(10-2-11-21)13-23-19(25)16-8-9-17(24-20(16)26)18-3-1-12-27-18/h1,3-9,12H,2,10-11,13H2,(H,23,25)(H,24,26). The number of pyridine rings is 1. The van der Waals surface area contributed by atoms with E-state index in [9.17, 15) is 9.59 Å². The molecule has 1 aliphatic carbocycles. The van der Waals surface area contributed by atoms with Gasteiger partial charge >= 0.3 is 0 Å². The van der Waals surface area contributed by atoms with Gasteiger partial charge in [0.05, 0.1) is 12.0 Å². The lowest BCUT2D eigenvalue weighted by Gasteiger charge is -2.42. The average Bonchev–Trinajstić information content (AvgIpc) is 3.16. The fraction of sp³-hybridized carbons (Fsp3) is 0.238. The quantitative estimate of drug-likeness (QED) is 0.696. The molecule has 1 amide bonds. The topological polar surface area (TPSA) is 75.1 Å². The molecule has 1 fully saturated rings. The van der Waals surface area contributed by atoms with Gasteiger partial charge in [-0.15, -0.1) is 0 Å². The van der Waals surface area contributed by atoms with Crippen molar-refractivity contribution in [2.24, 2.45) is 0 Å². The first kappa shape index (κ1) is 17.6. The highest BCUT2D eigenvalue weighted by atomic mass is 35.5. The van der Waals surface area contributed by atoms with E-state index >= 15 is 0 Å². The van der Waals surface area contributed by atoms with E-state index in [2.05, 4.69) is 10.3 Å². The second-order valence-corrected chi connectivity index (χ2v) is 7.35. The molecule has 2 aromatic heterocycles. The van der Waals surface area contributed by atoms with Crippen molar-refractivity contribution < 1.29 is 9.21 Å². The van der Waals surface area contributed by atoms with Gasteiger partial charge in [0.25, 0.3) is 11.5 Å². The molecule has 4 rings (SSSR count). The fourth-order valence-electron chi connectivity index (χ4n) is 3.55. The van der Waals surface area contributed by atoms with Crippen LogP contribution in [0.2, 0.25) is 5.02 Å². The van der Waals surface area contributed by atoms with Gasteiger partial charge in [-0.3, -0.25) is 9.59 Å². The maximum atomic E-state index is 12.6. The Balaban J connectivity index is 1.49. The van der Waals surface area contributed by atoms with E-state index in [4.69, 9.17) is 16.0 Å². The Morgan fingerprint density at radius 3 is 2.52 bits per heavy atom. The number of carbonyl (C=O) groups is 1. The Morgan fingerprint density at radius 2 is 1.93 bits per heavy atom. The van der Waals surface area contributed by atoms with E-state index in [1.807, 2.05) is 24.3 Å². The molecule has 2 heterocycles. The molecule has 2 N–H and O–H groups in total. The zero-order valence-electron chi connectivity index (χ0n) is 14.6. The molecule has 3 aromatic rings. The van der Waals surface area contributed by atoms with Crippen molar-refractivity contribution in [3.05, 3.63) is 81.3 Å². The van der Waals surface area contributed by atoms with Crippen LogP contribution in [0.1, 0.15) is 35.2 Å². The summed E-state index contributed by atoms with van der Waals surface area (Å²) in [6.45, 7) is 0.493. The maximum absolute atomic E-state index is 12.6. The summed E-state index contributed by atoms with van der Waals surface area (Å²) >= 11 is 5.98. The van der Waals surface area contributed by atoms with Crippen LogP contribution in [-0.4, -0.2) is 17.4 Å². The molecule has 0 aliphatic heterocycles. The van der Waals surface area contributed by atoms with Gasteiger partial charge < -0.3 is 14.7 Å². The zero-order chi connectivity index (χ0) is 18.9. The van der Waals surface area contributed by atoms with Crippen molar-refractivity contribution >= 4 is 17.5 Å². The zero-order valence-corrected chi connectivity index (χ0v) is 15.4. The Kier molecular flexibility index (Phi) is 4.62. The molecule has 0 saturated heterocycles. The minimum atomic E-state index is -0.435. The molecule has 0 spiro atoms. The first-order valence-corrected chi connectivity index (χ1v) is 9.27. The van der Waals surface area contributed by atoms with Crippen molar-refractivity contribution in [2.75, 3.05) is 6.54 Å². The third kappa shape index (κ3) is 3.43. The van der Waals surface area contributed by atoms with Crippen LogP contribution in [0, 0.1) is 0 Å². The SMILES string of the molecule is O=C(NCC1(c2ccc(Cl)cc2)CCC1)c1ccc(-c2ccco2)[nH]c1=O. The van der Waals surface area contributed by atoms with Crippen LogP contribution in [0.3, 0.4) is 0 Å². The summed E-state index contributed by atoms with van der Waals surface area (Å²) in [4.78, 5) is 27.6. The van der Waals surface area contributed by atoms with Crippen molar-refractivity contribution in [3.63, 3.8) is 0 Å². The number of amides is 1. The van der Waals surface area contributed by atoms with Crippen LogP contribution in [0.15, 0.2) is 64.0 Å². The van der Waals surface area contributed by atoms with E-state index in [-0.39, 0.29) is 16.9 Å². The minimum Gasteiger partial charge on any atom is -0.463 e. The Bertz CT molecular complexity index is 1000. The molecule has 1 aliphatic rings. The molecule has 1 aromatic carbocycles. The van der Waals surface area contributed by atoms with Crippen LogP contribution in [0.25, 0.3) is 11.5 Å². The van der Waals surface area contributed by atoms with Gasteiger partial charge in [0.1, 0.15) is 11.3 Å². The molecular weight excluding hydrogens is 364 g/mol. The van der Waals surface area contributed by atoms with E-state index in [1.165, 1.54) is 17.9 Å². The smallest absolute Gasteiger partial charge is 0.261 e. The van der Waals surface area contributed by atoms with E-state index in [0.717, 1.165) is 19.3 Å². The molecule has 27 heavy (non-hydrogen) atoms. The molecule has 0 atom stereocenters. The van der Waals surface area contributed by atoms with Crippen LogP contribution in [-0.2, 0) is 5.41 Å². The number of halogens is 1. The summed E-state index contributed by atoms with van der Waals surface area (Å²) in [5.74, 6) is 0.178. The summed E-state index contributed by atoms with van der Waals surface area (Å²) in [5, 5.41) is 3.63. The first-order valence-electron chi connectivity index (χ1n) is 8.89. The lowest BCUT2D eigenvalue weighted by Crippen LogP contribution is -2.46. The monoisotopic (exact) mass is 382 g/mol. The van der Waals surface area contributed by atoms with E-state index < -0.39 is 5.56 Å². The summed E-state index contributed by atoms with van der Waals surface area (Å²) in [5.41, 5.74) is 1.28. The number of aromatic amines is 1. The maximum Gasteiger partial charge on any atom is 0.261 e. The predicted molar refractivity (Wildman–Crippen MR) is 104 cm³/mol. The summed E-state index contributed by atoms with van der Waals surface area (Å²) < 4.78 is 5.27. The molecule has 0 bridgehead atoms. The Labute approximate surface area is 161 Å². The largest absolute Gasteiger partial charge is 0.463 e. The van der Waals surface area contributed by atoms with Crippen molar-refractivity contribution in [2.45, 2.75) is 24.7 Å². The number of aromatic nitrogens is 1. The number of H-pyrrole nitrogens is 1. The van der Waals surface area contributed by atoms with Crippen molar-refractivity contribution in [1.82, 2.24) is 10.3 Å². The highest BCUT2D eigenvalue weighted by molar-refractivity contribution is 6.30. The van der Waals surface area contributed by atoms with Gasteiger partial charge in [0.15, 0.2) is 0 Å². The predicted octanol–water partition coefficient (Wildman–Crippen LogP) is 4.14. The number of hydrogen-bond donors (Lipinski definition) is 2. The fourth-order valence-corrected chi connectivity index (χ4v) is 3.67. The number of rotatable bonds is 5. The molecule has 5 nitrogen and oxygen atoms in total. The number of benzene rings is 1. The van der Waals surface area contributed by atoms with Crippen LogP contribution in [0.4, 0.5) is 0 Å². The molecule has 0 radical (unpaired) electrons. The average molecular weight is 383 g/mol. The second kappa shape index (κ2) is 7.08. The minimum absolute atomic E-state index is 0.0822. The van der Waals surface area contributed by atoms with Crippen LogP contribution < -0.4 is 10.9 Å². The third-order valence-electron chi connectivity index (χ3n) is 5.30. The van der Waals surface area contributed by atoms with Gasteiger partial charge in [-0.1, -0.05) is 30.2 Å². The molecule has 138 valence electrons. The highest BCUT2D eigenvalue weighted by Gasteiger charge is 2.39. The van der Waals surface area contributed by atoms with Gasteiger partial charge in [0.2, 0.25) is 0 Å². The van der Waals surface area contributed by atoms with Crippen LogP contribution >= 0.6 is 11.6 Å². The van der Waals surface area contributed by atoms with Gasteiger partial charge in [0, 0.05) is 17.0 Å². The van der Waals surface area contributed by atoms with Gasteiger partial charge in [-0.2, -0.15) is 0 Å². The third-order valence-corrected chi connectivity index (χ3v) is 5.55. The molecule has 6 heteroatoms. The summed E-state index contributed by atoms with van der Waals surface area (Å²) in [7, 11) is 0. The van der Waals surface area contributed by atoms with Gasteiger partial charge in [-0.25, -0.2) is 0 Å². The first-order chi connectivity index (χ1) is 13.1. The Morgan fingerprint density at radius 1 is 1.15 bits per heavy atom. The van der Waals surface area contributed by atoms with Crippen LogP contribution in [0.5, 0.6) is 0 Å². The number of nitrogens with one attached hydrogen (secondary N) is 2. The van der Waals surface area contributed by atoms with E-state index in [1.54, 1.807) is 18.2 Å². The lowest BCUT2D eigenvalue weighted by molar-refractivity contribution is 0.0926. The van der Waals surface area contributed by atoms with Crippen molar-refractivity contribution in [1.29, 1.82) is 0 Å². The molecule has 0 unspecified atom stereocenters. The summed E-state index contributed by atoms with van der Waals surface area (Å²) in [6.07, 6.45) is 4.66.